The average Bonchev–Trinajstić information content (AvgIpc) is 3.40. The van der Waals surface area contributed by atoms with Crippen LogP contribution in [0.1, 0.15) is 63.4 Å². The van der Waals surface area contributed by atoms with Crippen LogP contribution in [0, 0.1) is 17.3 Å². The monoisotopic (exact) mass is 316 g/mol. The molecular weight excluding hydrogens is 288 g/mol. The second-order valence-corrected chi connectivity index (χ2v) is 8.65. The quantitative estimate of drug-likeness (QED) is 0.932. The predicted octanol–water partition coefficient (Wildman–Crippen LogP) is 3.09. The lowest BCUT2D eigenvalue weighted by molar-refractivity contribution is -0.136. The zero-order valence-corrected chi connectivity index (χ0v) is 14.4. The maximum Gasteiger partial charge on any atom is 0.226 e. The van der Waals surface area contributed by atoms with Crippen LogP contribution in [0.25, 0.3) is 0 Å². The summed E-state index contributed by atoms with van der Waals surface area (Å²) in [6, 6.07) is 4.40. The predicted molar refractivity (Wildman–Crippen MR) is 89.0 cm³/mol. The molecule has 1 aromatic rings. The number of furan rings is 1. The fraction of sp³-hybridized carbons (Fsp3) is 0.737. The van der Waals surface area contributed by atoms with E-state index in [9.17, 15) is 4.79 Å². The first-order valence-electron chi connectivity index (χ1n) is 9.01. The van der Waals surface area contributed by atoms with E-state index in [0.717, 1.165) is 43.4 Å². The summed E-state index contributed by atoms with van der Waals surface area (Å²) in [5.41, 5.74) is 6.19. The van der Waals surface area contributed by atoms with Gasteiger partial charge in [0.1, 0.15) is 11.5 Å². The summed E-state index contributed by atoms with van der Waals surface area (Å²) in [5, 5.41) is 0. The number of carbonyl (C=O) groups is 1. The maximum absolute atomic E-state index is 12.8. The Bertz CT molecular complexity index is 621. The first kappa shape index (κ1) is 15.3. The molecule has 0 bridgehead atoms. The van der Waals surface area contributed by atoms with Crippen molar-refractivity contribution in [2.24, 2.45) is 23.0 Å². The second-order valence-electron chi connectivity index (χ2n) is 8.65. The van der Waals surface area contributed by atoms with Crippen LogP contribution in [0.5, 0.6) is 0 Å². The van der Waals surface area contributed by atoms with Gasteiger partial charge in [0.05, 0.1) is 0 Å². The van der Waals surface area contributed by atoms with Crippen LogP contribution in [0.2, 0.25) is 0 Å². The highest BCUT2D eigenvalue weighted by Crippen LogP contribution is 2.52. The van der Waals surface area contributed by atoms with Crippen molar-refractivity contribution in [3.8, 4) is 0 Å². The summed E-state index contributed by atoms with van der Waals surface area (Å²) in [4.78, 5) is 14.8. The molecule has 2 saturated carbocycles. The molecule has 3 fully saturated rings. The molecule has 0 spiro atoms. The molecule has 2 heterocycles. The van der Waals surface area contributed by atoms with Gasteiger partial charge in [-0.3, -0.25) is 4.79 Å². The minimum atomic E-state index is 0.0122. The number of hydrogen-bond acceptors (Lipinski definition) is 3. The van der Waals surface area contributed by atoms with Crippen LogP contribution >= 0.6 is 0 Å². The minimum absolute atomic E-state index is 0.0122. The number of amides is 1. The van der Waals surface area contributed by atoms with Crippen LogP contribution in [-0.2, 0) is 4.79 Å². The molecule has 1 amide bonds. The number of rotatable bonds is 3. The van der Waals surface area contributed by atoms with Crippen LogP contribution < -0.4 is 5.73 Å². The van der Waals surface area contributed by atoms with Gasteiger partial charge < -0.3 is 15.1 Å². The molecule has 3 aliphatic rings. The number of nitrogens with two attached hydrogens (primary N) is 1. The molecule has 2 aliphatic carbocycles. The largest absolute Gasteiger partial charge is 0.465 e. The van der Waals surface area contributed by atoms with Gasteiger partial charge in [0.15, 0.2) is 0 Å². The van der Waals surface area contributed by atoms with Gasteiger partial charge in [0.2, 0.25) is 5.91 Å². The Kier molecular flexibility index (Phi) is 3.38. The average molecular weight is 316 g/mol. The summed E-state index contributed by atoms with van der Waals surface area (Å²) in [6.45, 7) is 8.17. The van der Waals surface area contributed by atoms with E-state index < -0.39 is 0 Å². The summed E-state index contributed by atoms with van der Waals surface area (Å²) in [6.07, 6.45) is 3.08. The van der Waals surface area contributed by atoms with Gasteiger partial charge in [0, 0.05) is 36.9 Å². The standard InChI is InChI=1S/C19H28N2O2/c1-11-8-12(11)15-4-5-16(23-15)13-9-14(13)18(22)21-7-6-17(20)19(2,3)10-21/h4-5,11-14,17H,6-10,20H2,1-3H3. The van der Waals surface area contributed by atoms with Crippen molar-refractivity contribution in [1.82, 2.24) is 4.90 Å². The highest BCUT2D eigenvalue weighted by molar-refractivity contribution is 5.83. The van der Waals surface area contributed by atoms with Gasteiger partial charge in [-0.1, -0.05) is 20.8 Å². The Morgan fingerprint density at radius 3 is 2.52 bits per heavy atom. The van der Waals surface area contributed by atoms with E-state index in [0.29, 0.717) is 17.7 Å². The molecule has 5 atom stereocenters. The minimum Gasteiger partial charge on any atom is -0.465 e. The zero-order chi connectivity index (χ0) is 16.4. The Morgan fingerprint density at radius 1 is 1.26 bits per heavy atom. The van der Waals surface area contributed by atoms with E-state index >= 15 is 0 Å². The number of carbonyl (C=O) groups excluding carboxylic acids is 1. The van der Waals surface area contributed by atoms with Crippen molar-refractivity contribution in [3.05, 3.63) is 23.7 Å². The molecule has 126 valence electrons. The van der Waals surface area contributed by atoms with E-state index in [1.54, 1.807) is 0 Å². The molecule has 23 heavy (non-hydrogen) atoms. The first-order chi connectivity index (χ1) is 10.9. The SMILES string of the molecule is CC1CC1c1ccc(C2CC2C(=O)N2CCC(N)C(C)(C)C2)o1. The maximum atomic E-state index is 12.8. The van der Waals surface area contributed by atoms with Gasteiger partial charge in [-0.2, -0.15) is 0 Å². The Labute approximate surface area is 138 Å². The lowest BCUT2D eigenvalue weighted by Crippen LogP contribution is -2.54. The van der Waals surface area contributed by atoms with Crippen LogP contribution in [-0.4, -0.2) is 29.9 Å². The van der Waals surface area contributed by atoms with Gasteiger partial charge in [-0.05, 0) is 42.7 Å². The number of hydrogen-bond donors (Lipinski definition) is 1. The highest BCUT2D eigenvalue weighted by atomic mass is 16.3. The second kappa shape index (κ2) is 5.10. The topological polar surface area (TPSA) is 59.5 Å². The van der Waals surface area contributed by atoms with Crippen molar-refractivity contribution < 1.29 is 9.21 Å². The number of likely N-dealkylation sites (tertiary alicyclic amines) is 1. The normalized spacial score (nSPS) is 38.4. The fourth-order valence-corrected chi connectivity index (χ4v) is 4.06. The lowest BCUT2D eigenvalue weighted by atomic mass is 9.79. The van der Waals surface area contributed by atoms with Gasteiger partial charge in [0.25, 0.3) is 0 Å². The van der Waals surface area contributed by atoms with Crippen LogP contribution in [0.15, 0.2) is 16.5 Å². The van der Waals surface area contributed by atoms with Crippen molar-refractivity contribution in [2.45, 2.75) is 57.9 Å². The fourth-order valence-electron chi connectivity index (χ4n) is 4.06. The lowest BCUT2D eigenvalue weighted by Gasteiger charge is -2.42. The van der Waals surface area contributed by atoms with Gasteiger partial charge in [-0.15, -0.1) is 0 Å². The summed E-state index contributed by atoms with van der Waals surface area (Å²) >= 11 is 0. The number of nitrogens with zero attached hydrogens (tertiary/aromatic N) is 1. The van der Waals surface area contributed by atoms with Crippen molar-refractivity contribution in [3.63, 3.8) is 0 Å². The molecule has 1 aromatic heterocycles. The van der Waals surface area contributed by atoms with Crippen LogP contribution in [0.4, 0.5) is 0 Å². The Hall–Kier alpha value is -1.29. The molecule has 4 nitrogen and oxygen atoms in total. The van der Waals surface area contributed by atoms with E-state index in [1.807, 2.05) is 4.90 Å². The van der Waals surface area contributed by atoms with Crippen molar-refractivity contribution in [1.29, 1.82) is 0 Å². The summed E-state index contributed by atoms with van der Waals surface area (Å²) in [5.74, 6) is 4.22. The van der Waals surface area contributed by atoms with Crippen molar-refractivity contribution in [2.75, 3.05) is 13.1 Å². The molecule has 1 saturated heterocycles. The molecule has 0 aromatic carbocycles. The molecule has 2 N–H and O–H groups in total. The van der Waals surface area contributed by atoms with E-state index in [1.165, 1.54) is 6.42 Å². The smallest absolute Gasteiger partial charge is 0.226 e. The zero-order valence-electron chi connectivity index (χ0n) is 14.4. The third-order valence-corrected chi connectivity index (χ3v) is 6.22. The number of piperidine rings is 1. The molecule has 5 unspecified atom stereocenters. The molecule has 4 rings (SSSR count). The first-order valence-corrected chi connectivity index (χ1v) is 9.01. The van der Waals surface area contributed by atoms with Crippen molar-refractivity contribution >= 4 is 5.91 Å². The Morgan fingerprint density at radius 2 is 1.91 bits per heavy atom. The third kappa shape index (κ3) is 2.71. The Balaban J connectivity index is 1.39. The molecule has 1 aliphatic heterocycles. The van der Waals surface area contributed by atoms with E-state index in [2.05, 4.69) is 32.9 Å². The van der Waals surface area contributed by atoms with E-state index in [4.69, 9.17) is 10.2 Å². The third-order valence-electron chi connectivity index (χ3n) is 6.22. The van der Waals surface area contributed by atoms with Gasteiger partial charge >= 0.3 is 0 Å². The summed E-state index contributed by atoms with van der Waals surface area (Å²) < 4.78 is 6.04. The van der Waals surface area contributed by atoms with Gasteiger partial charge in [-0.25, -0.2) is 0 Å². The molecular formula is C19H28N2O2. The molecule has 0 radical (unpaired) electrons. The molecule has 4 heteroatoms. The van der Waals surface area contributed by atoms with E-state index in [-0.39, 0.29) is 17.4 Å². The summed E-state index contributed by atoms with van der Waals surface area (Å²) in [7, 11) is 0. The van der Waals surface area contributed by atoms with Crippen LogP contribution in [0.3, 0.4) is 0 Å². The highest BCUT2D eigenvalue weighted by Gasteiger charge is 2.49.